The number of nitrogens with zero attached hydrogens (tertiary/aromatic N) is 2. The fraction of sp³-hybridized carbons (Fsp3) is 1.00. The van der Waals surface area contributed by atoms with Crippen molar-refractivity contribution < 1.29 is 0 Å². The summed E-state index contributed by atoms with van der Waals surface area (Å²) < 4.78 is 3.75. The Morgan fingerprint density at radius 1 is 1.18 bits per heavy atom. The lowest BCUT2D eigenvalue weighted by Gasteiger charge is -2.38. The molecule has 0 bridgehead atoms. The van der Waals surface area contributed by atoms with Crippen LogP contribution in [0.15, 0.2) is 0 Å². The third-order valence-corrected chi connectivity index (χ3v) is 6.13. The van der Waals surface area contributed by atoms with Gasteiger partial charge >= 0.3 is 0 Å². The van der Waals surface area contributed by atoms with Crippen molar-refractivity contribution in [2.75, 3.05) is 65.2 Å². The SMILES string of the molecule is CCS(C)(CN(C)C)NCCN(C)CCCN. The minimum Gasteiger partial charge on any atom is -0.330 e. The lowest BCUT2D eigenvalue weighted by molar-refractivity contribution is 0.337. The van der Waals surface area contributed by atoms with E-state index in [0.717, 1.165) is 38.5 Å². The van der Waals surface area contributed by atoms with Crippen molar-refractivity contribution in [2.45, 2.75) is 13.3 Å². The van der Waals surface area contributed by atoms with Crippen LogP contribution in [0.1, 0.15) is 13.3 Å². The second-order valence-corrected chi connectivity index (χ2v) is 8.78. The van der Waals surface area contributed by atoms with E-state index in [1.54, 1.807) is 0 Å². The Balaban J connectivity index is 3.82. The predicted octanol–water partition coefficient (Wildman–Crippen LogP) is 0.745. The summed E-state index contributed by atoms with van der Waals surface area (Å²) in [6, 6.07) is 0. The molecule has 0 aromatic heterocycles. The van der Waals surface area contributed by atoms with Crippen LogP contribution in [0.2, 0.25) is 0 Å². The van der Waals surface area contributed by atoms with Crippen molar-refractivity contribution in [3.63, 3.8) is 0 Å². The Hall–Kier alpha value is 0.190. The number of nitrogens with two attached hydrogens (primary N) is 1. The zero-order valence-corrected chi connectivity index (χ0v) is 13.1. The first-order valence-electron chi connectivity index (χ1n) is 6.45. The molecule has 0 aromatic rings. The maximum absolute atomic E-state index is 5.51. The molecule has 0 fully saturated rings. The van der Waals surface area contributed by atoms with Crippen molar-refractivity contribution in [2.24, 2.45) is 5.73 Å². The molecule has 3 N–H and O–H groups in total. The molecule has 17 heavy (non-hydrogen) atoms. The average Bonchev–Trinajstić information content (AvgIpc) is 2.25. The van der Waals surface area contributed by atoms with Gasteiger partial charge in [-0.2, -0.15) is 10.2 Å². The maximum Gasteiger partial charge on any atom is 0.0393 e. The lowest BCUT2D eigenvalue weighted by Crippen LogP contribution is -2.36. The zero-order chi connectivity index (χ0) is 13.3. The first kappa shape index (κ1) is 17.2. The van der Waals surface area contributed by atoms with Gasteiger partial charge in [0, 0.05) is 19.0 Å². The van der Waals surface area contributed by atoms with Crippen LogP contribution in [-0.2, 0) is 0 Å². The van der Waals surface area contributed by atoms with Crippen molar-refractivity contribution in [3.8, 4) is 0 Å². The molecule has 4 nitrogen and oxygen atoms in total. The van der Waals surface area contributed by atoms with E-state index < -0.39 is 10.2 Å². The van der Waals surface area contributed by atoms with Crippen LogP contribution in [0.4, 0.5) is 0 Å². The van der Waals surface area contributed by atoms with Crippen molar-refractivity contribution in [1.29, 1.82) is 0 Å². The summed E-state index contributed by atoms with van der Waals surface area (Å²) in [6.07, 6.45) is 3.47. The summed E-state index contributed by atoms with van der Waals surface area (Å²) in [6.45, 7) is 6.36. The minimum absolute atomic E-state index is 0.668. The molecular formula is C12H32N4S. The number of rotatable bonds is 10. The van der Waals surface area contributed by atoms with Crippen LogP contribution in [0.3, 0.4) is 0 Å². The second kappa shape index (κ2) is 9.16. The number of nitrogens with one attached hydrogen (secondary N) is 1. The molecule has 1 atom stereocenters. The van der Waals surface area contributed by atoms with Gasteiger partial charge in [-0.3, -0.25) is 4.72 Å². The van der Waals surface area contributed by atoms with Crippen LogP contribution < -0.4 is 10.5 Å². The molecule has 0 saturated carbocycles. The highest BCUT2D eigenvalue weighted by Gasteiger charge is 2.15. The summed E-state index contributed by atoms with van der Waals surface area (Å²) in [5.41, 5.74) is 5.51. The van der Waals surface area contributed by atoms with E-state index in [0.29, 0.717) is 0 Å². The first-order chi connectivity index (χ1) is 7.93. The second-order valence-electron chi connectivity index (χ2n) is 5.11. The number of hydrogen-bond acceptors (Lipinski definition) is 4. The summed E-state index contributed by atoms with van der Waals surface area (Å²) in [7, 11) is 5.80. The number of likely N-dealkylation sites (N-methyl/N-ethyl adjacent to an activating group) is 1. The lowest BCUT2D eigenvalue weighted by atomic mass is 10.4. The van der Waals surface area contributed by atoms with E-state index in [1.165, 1.54) is 5.75 Å². The zero-order valence-electron chi connectivity index (χ0n) is 12.3. The molecular weight excluding hydrogens is 232 g/mol. The first-order valence-corrected chi connectivity index (χ1v) is 8.83. The van der Waals surface area contributed by atoms with E-state index in [4.69, 9.17) is 5.73 Å². The van der Waals surface area contributed by atoms with Crippen LogP contribution in [0, 0.1) is 0 Å². The molecule has 0 spiro atoms. The topological polar surface area (TPSA) is 44.5 Å². The van der Waals surface area contributed by atoms with Gasteiger partial charge < -0.3 is 15.5 Å². The van der Waals surface area contributed by atoms with E-state index in [9.17, 15) is 0 Å². The van der Waals surface area contributed by atoms with Crippen LogP contribution in [0.25, 0.3) is 0 Å². The van der Waals surface area contributed by atoms with Gasteiger partial charge in [0.15, 0.2) is 0 Å². The van der Waals surface area contributed by atoms with Gasteiger partial charge in [-0.05, 0) is 52.7 Å². The van der Waals surface area contributed by atoms with Gasteiger partial charge in [0.25, 0.3) is 0 Å². The van der Waals surface area contributed by atoms with Crippen molar-refractivity contribution in [3.05, 3.63) is 0 Å². The van der Waals surface area contributed by atoms with Crippen LogP contribution in [0.5, 0.6) is 0 Å². The Labute approximate surface area is 109 Å². The molecule has 0 amide bonds. The van der Waals surface area contributed by atoms with Crippen molar-refractivity contribution >= 4 is 10.2 Å². The van der Waals surface area contributed by atoms with Gasteiger partial charge in [0.05, 0.1) is 0 Å². The summed E-state index contributed by atoms with van der Waals surface area (Å²) in [5, 5.41) is 0. The van der Waals surface area contributed by atoms with Gasteiger partial charge in [0.1, 0.15) is 0 Å². The Morgan fingerprint density at radius 2 is 1.82 bits per heavy atom. The average molecular weight is 264 g/mol. The standard InChI is InChI=1S/C12H32N4S/c1-6-17(5,12-15(2)3)14-9-11-16(4)10-7-8-13/h14H,6-13H2,1-5H3. The van der Waals surface area contributed by atoms with E-state index in [-0.39, 0.29) is 0 Å². The fourth-order valence-corrected chi connectivity index (χ4v) is 3.97. The van der Waals surface area contributed by atoms with E-state index in [2.05, 4.69) is 48.8 Å². The molecule has 0 saturated heterocycles. The molecule has 0 aliphatic carbocycles. The van der Waals surface area contributed by atoms with Gasteiger partial charge in [0.2, 0.25) is 0 Å². The van der Waals surface area contributed by atoms with Crippen LogP contribution in [-0.4, -0.2) is 75.0 Å². The molecule has 0 radical (unpaired) electrons. The molecule has 1 unspecified atom stereocenters. The van der Waals surface area contributed by atoms with Gasteiger partial charge in [-0.25, -0.2) is 0 Å². The summed E-state index contributed by atoms with van der Waals surface area (Å²) >= 11 is 0. The predicted molar refractivity (Wildman–Crippen MR) is 81.8 cm³/mol. The smallest absolute Gasteiger partial charge is 0.0393 e. The highest BCUT2D eigenvalue weighted by Crippen LogP contribution is 2.38. The molecule has 5 heteroatoms. The van der Waals surface area contributed by atoms with Gasteiger partial charge in [-0.1, -0.05) is 6.92 Å². The molecule has 0 rings (SSSR count). The maximum atomic E-state index is 5.51. The highest BCUT2D eigenvalue weighted by atomic mass is 32.3. The summed E-state index contributed by atoms with van der Waals surface area (Å²) in [4.78, 5) is 4.63. The molecule has 106 valence electrons. The Bertz CT molecular complexity index is 189. The molecule has 0 heterocycles. The third-order valence-electron chi connectivity index (χ3n) is 2.87. The summed E-state index contributed by atoms with van der Waals surface area (Å²) in [5.74, 6) is 2.40. The Morgan fingerprint density at radius 3 is 2.29 bits per heavy atom. The number of hydrogen-bond donors (Lipinski definition) is 2. The third kappa shape index (κ3) is 8.85. The van der Waals surface area contributed by atoms with Gasteiger partial charge in [-0.15, -0.1) is 0 Å². The van der Waals surface area contributed by atoms with E-state index in [1.807, 2.05) is 0 Å². The minimum atomic E-state index is -0.668. The molecule has 0 aliphatic heterocycles. The quantitative estimate of drug-likeness (QED) is 0.611. The highest BCUT2D eigenvalue weighted by molar-refractivity contribution is 8.31. The Kier molecular flexibility index (Phi) is 9.27. The van der Waals surface area contributed by atoms with Crippen LogP contribution >= 0.6 is 10.2 Å². The monoisotopic (exact) mass is 264 g/mol. The molecule has 0 aromatic carbocycles. The largest absolute Gasteiger partial charge is 0.330 e. The normalized spacial score (nSPS) is 17.4. The van der Waals surface area contributed by atoms with E-state index >= 15 is 0 Å². The molecule has 0 aliphatic rings. The van der Waals surface area contributed by atoms with Crippen molar-refractivity contribution in [1.82, 2.24) is 14.5 Å². The fourth-order valence-electron chi connectivity index (χ4n) is 1.76.